The van der Waals surface area contributed by atoms with Crippen LogP contribution in [0.2, 0.25) is 0 Å². The van der Waals surface area contributed by atoms with Crippen LogP contribution in [0.3, 0.4) is 0 Å². The molecule has 1 aromatic heterocycles. The van der Waals surface area contributed by atoms with E-state index in [2.05, 4.69) is 35.3 Å². The van der Waals surface area contributed by atoms with Gasteiger partial charge >= 0.3 is 0 Å². The number of aryl methyl sites for hydroxylation is 2. The lowest BCUT2D eigenvalue weighted by Gasteiger charge is -2.21. The van der Waals surface area contributed by atoms with Crippen molar-refractivity contribution in [2.45, 2.75) is 25.8 Å². The van der Waals surface area contributed by atoms with Gasteiger partial charge in [0.05, 0.1) is 12.2 Å². The number of quaternary nitrogens is 1. The van der Waals surface area contributed by atoms with Crippen LogP contribution in [0.1, 0.15) is 30.1 Å². The molecule has 1 fully saturated rings. The van der Waals surface area contributed by atoms with Crippen molar-refractivity contribution >= 4 is 11.6 Å². The Bertz CT molecular complexity index is 662. The van der Waals surface area contributed by atoms with E-state index in [4.69, 9.17) is 0 Å². The summed E-state index contributed by atoms with van der Waals surface area (Å²) in [7, 11) is 2.08. The van der Waals surface area contributed by atoms with Crippen molar-refractivity contribution in [2.24, 2.45) is 7.05 Å². The fourth-order valence-corrected chi connectivity index (χ4v) is 3.45. The normalized spacial score (nSPS) is 21.0. The number of hydrogen-bond acceptors (Lipinski definition) is 1. The largest absolute Gasteiger partial charge is 0.350 e. The van der Waals surface area contributed by atoms with Crippen LogP contribution in [-0.4, -0.2) is 23.6 Å². The monoisotopic (exact) mass is 298 g/mol. The summed E-state index contributed by atoms with van der Waals surface area (Å²) in [6, 6.07) is 12.6. The Labute approximate surface area is 131 Å². The predicted octanol–water partition coefficient (Wildman–Crippen LogP) is 1.69. The molecule has 116 valence electrons. The number of nitrogens with one attached hydrogen (secondary N) is 2. The molecule has 1 aliphatic heterocycles. The smallest absolute Gasteiger partial charge is 0.279 e. The molecule has 1 unspecified atom stereocenters. The zero-order valence-corrected chi connectivity index (χ0v) is 13.3. The molecular weight excluding hydrogens is 274 g/mol. The van der Waals surface area contributed by atoms with Crippen LogP contribution in [0, 0.1) is 6.92 Å². The minimum atomic E-state index is 0.0988. The third-order valence-corrected chi connectivity index (χ3v) is 4.51. The van der Waals surface area contributed by atoms with Gasteiger partial charge < -0.3 is 14.8 Å². The van der Waals surface area contributed by atoms with Gasteiger partial charge in [-0.25, -0.2) is 0 Å². The van der Waals surface area contributed by atoms with Crippen molar-refractivity contribution in [3.63, 3.8) is 0 Å². The third kappa shape index (κ3) is 3.22. The van der Waals surface area contributed by atoms with Crippen molar-refractivity contribution in [1.29, 1.82) is 0 Å². The maximum atomic E-state index is 12.3. The average molecular weight is 298 g/mol. The first-order valence-electron chi connectivity index (χ1n) is 7.96. The van der Waals surface area contributed by atoms with Gasteiger partial charge in [-0.15, -0.1) is 0 Å². The molecule has 2 N–H and O–H groups in total. The van der Waals surface area contributed by atoms with E-state index in [9.17, 15) is 4.79 Å². The van der Waals surface area contributed by atoms with Crippen molar-refractivity contribution in [3.05, 3.63) is 53.9 Å². The number of amides is 1. The standard InChI is InChI=1S/C18H23N3O/c1-14-6-3-7-15(12-14)19-18(22)13-21-11-5-9-17(21)16-8-4-10-20(16)2/h3-4,6-8,10,12,17H,5,9,11,13H2,1-2H3,(H,19,22)/p+1/t17-/m0/s1. The molecule has 0 aliphatic carbocycles. The number of hydrogen-bond donors (Lipinski definition) is 2. The molecule has 0 saturated carbocycles. The van der Waals surface area contributed by atoms with Gasteiger partial charge in [-0.05, 0) is 36.8 Å². The second-order valence-electron chi connectivity index (χ2n) is 6.24. The first-order chi connectivity index (χ1) is 10.6. The zero-order chi connectivity index (χ0) is 15.5. The van der Waals surface area contributed by atoms with Crippen molar-refractivity contribution in [3.8, 4) is 0 Å². The number of rotatable bonds is 4. The fourth-order valence-electron chi connectivity index (χ4n) is 3.45. The highest BCUT2D eigenvalue weighted by Gasteiger charge is 2.32. The van der Waals surface area contributed by atoms with Crippen molar-refractivity contribution in [2.75, 3.05) is 18.4 Å². The Kier molecular flexibility index (Phi) is 4.29. The maximum absolute atomic E-state index is 12.3. The molecule has 1 saturated heterocycles. The van der Waals surface area contributed by atoms with Crippen LogP contribution < -0.4 is 10.2 Å². The lowest BCUT2D eigenvalue weighted by Crippen LogP contribution is -3.11. The first-order valence-corrected chi connectivity index (χ1v) is 7.96. The van der Waals surface area contributed by atoms with Crippen molar-refractivity contribution in [1.82, 2.24) is 4.57 Å². The van der Waals surface area contributed by atoms with E-state index in [1.54, 1.807) is 0 Å². The topological polar surface area (TPSA) is 38.5 Å². The minimum absolute atomic E-state index is 0.0988. The number of carbonyl (C=O) groups excluding carboxylic acids is 1. The molecule has 1 aromatic carbocycles. The summed E-state index contributed by atoms with van der Waals surface area (Å²) in [5.41, 5.74) is 3.38. The second-order valence-corrected chi connectivity index (χ2v) is 6.24. The van der Waals surface area contributed by atoms with E-state index in [-0.39, 0.29) is 5.91 Å². The molecule has 1 aliphatic rings. The lowest BCUT2D eigenvalue weighted by molar-refractivity contribution is -0.910. The van der Waals surface area contributed by atoms with Gasteiger partial charge in [0.25, 0.3) is 5.91 Å². The van der Waals surface area contributed by atoms with E-state index in [1.807, 2.05) is 31.2 Å². The number of carbonyl (C=O) groups is 1. The quantitative estimate of drug-likeness (QED) is 0.886. The Balaban J connectivity index is 1.64. The summed E-state index contributed by atoms with van der Waals surface area (Å²) in [5.74, 6) is 0.0988. The zero-order valence-electron chi connectivity index (χ0n) is 13.3. The third-order valence-electron chi connectivity index (χ3n) is 4.51. The summed E-state index contributed by atoms with van der Waals surface area (Å²) in [6.45, 7) is 3.63. The Morgan fingerprint density at radius 3 is 2.95 bits per heavy atom. The molecule has 2 heterocycles. The summed E-state index contributed by atoms with van der Waals surface area (Å²) in [5, 5.41) is 3.02. The predicted molar refractivity (Wildman–Crippen MR) is 87.9 cm³/mol. The van der Waals surface area contributed by atoms with Crippen LogP contribution in [0.15, 0.2) is 42.6 Å². The highest BCUT2D eigenvalue weighted by Crippen LogP contribution is 2.19. The Morgan fingerprint density at radius 2 is 2.23 bits per heavy atom. The molecule has 1 amide bonds. The van der Waals surface area contributed by atoms with Crippen LogP contribution >= 0.6 is 0 Å². The summed E-state index contributed by atoms with van der Waals surface area (Å²) >= 11 is 0. The van der Waals surface area contributed by atoms with E-state index in [1.165, 1.54) is 17.0 Å². The number of likely N-dealkylation sites (tertiary alicyclic amines) is 1. The average Bonchev–Trinajstić information content (AvgIpc) is 3.07. The van der Waals surface area contributed by atoms with Gasteiger partial charge in [0.1, 0.15) is 6.04 Å². The van der Waals surface area contributed by atoms with Gasteiger partial charge in [0, 0.05) is 31.8 Å². The van der Waals surface area contributed by atoms with Crippen LogP contribution in [0.25, 0.3) is 0 Å². The van der Waals surface area contributed by atoms with Gasteiger partial charge in [0.15, 0.2) is 6.54 Å². The SMILES string of the molecule is Cc1cccc(NC(=O)C[NH+]2CCC[C@H]2c2cccn2C)c1. The molecule has 22 heavy (non-hydrogen) atoms. The highest BCUT2D eigenvalue weighted by atomic mass is 16.2. The summed E-state index contributed by atoms with van der Waals surface area (Å²) in [4.78, 5) is 13.7. The van der Waals surface area contributed by atoms with E-state index in [0.29, 0.717) is 12.6 Å². The molecule has 4 nitrogen and oxygen atoms in total. The summed E-state index contributed by atoms with van der Waals surface area (Å²) in [6.07, 6.45) is 4.42. The second kappa shape index (κ2) is 6.36. The molecule has 0 spiro atoms. The lowest BCUT2D eigenvalue weighted by atomic mass is 10.1. The molecule has 2 atom stereocenters. The summed E-state index contributed by atoms with van der Waals surface area (Å²) < 4.78 is 2.18. The van der Waals surface area contributed by atoms with Gasteiger partial charge in [-0.1, -0.05) is 12.1 Å². The first kappa shape index (κ1) is 14.9. The van der Waals surface area contributed by atoms with Crippen LogP contribution in [0.5, 0.6) is 0 Å². The molecule has 0 bridgehead atoms. The number of anilines is 1. The van der Waals surface area contributed by atoms with Crippen LogP contribution in [0.4, 0.5) is 5.69 Å². The van der Waals surface area contributed by atoms with Gasteiger partial charge in [-0.2, -0.15) is 0 Å². The van der Waals surface area contributed by atoms with Crippen molar-refractivity contribution < 1.29 is 9.69 Å². The Hall–Kier alpha value is -2.07. The molecular formula is C18H24N3O+. The van der Waals surface area contributed by atoms with Crippen LogP contribution in [-0.2, 0) is 11.8 Å². The molecule has 3 rings (SSSR count). The molecule has 2 aromatic rings. The molecule has 4 heteroatoms. The maximum Gasteiger partial charge on any atom is 0.279 e. The minimum Gasteiger partial charge on any atom is -0.350 e. The highest BCUT2D eigenvalue weighted by molar-refractivity contribution is 5.91. The van der Waals surface area contributed by atoms with Gasteiger partial charge in [-0.3, -0.25) is 4.79 Å². The van der Waals surface area contributed by atoms with Gasteiger partial charge in [0.2, 0.25) is 0 Å². The number of nitrogens with zero attached hydrogens (tertiary/aromatic N) is 1. The number of benzene rings is 1. The van der Waals surface area contributed by atoms with E-state index in [0.717, 1.165) is 24.2 Å². The van der Waals surface area contributed by atoms with E-state index < -0.39 is 0 Å². The Morgan fingerprint density at radius 1 is 1.36 bits per heavy atom. The fraction of sp³-hybridized carbons (Fsp3) is 0.389. The number of aromatic nitrogens is 1. The molecule has 0 radical (unpaired) electrons. The van der Waals surface area contributed by atoms with E-state index >= 15 is 0 Å².